The number of esters is 1. The van der Waals surface area contributed by atoms with Crippen LogP contribution in [0.25, 0.3) is 0 Å². The van der Waals surface area contributed by atoms with E-state index in [1.54, 1.807) is 6.26 Å². The van der Waals surface area contributed by atoms with Gasteiger partial charge in [0.2, 0.25) is 0 Å². The molecule has 0 amide bonds. The number of carbonyl (C=O) groups is 1. The summed E-state index contributed by atoms with van der Waals surface area (Å²) < 4.78 is 5.18. The predicted octanol–water partition coefficient (Wildman–Crippen LogP) is 9.19. The van der Waals surface area contributed by atoms with Crippen LogP contribution in [0.2, 0.25) is 0 Å². The maximum atomic E-state index is 11.7. The minimum absolute atomic E-state index is 0.1000. The van der Waals surface area contributed by atoms with Crippen molar-refractivity contribution in [2.24, 2.45) is 0 Å². The van der Waals surface area contributed by atoms with Gasteiger partial charge in [0.15, 0.2) is 0 Å². The van der Waals surface area contributed by atoms with Crippen LogP contribution in [0.1, 0.15) is 149 Å². The number of allylic oxidation sites excluding steroid dienone is 2. The highest BCUT2D eigenvalue weighted by molar-refractivity contribution is 5.69. The Morgan fingerprint density at radius 3 is 1.88 bits per heavy atom. The van der Waals surface area contributed by atoms with E-state index in [0.717, 1.165) is 44.9 Å². The molecule has 0 rings (SSSR count). The average Bonchev–Trinajstić information content (AvgIpc) is 2.79. The van der Waals surface area contributed by atoms with Crippen molar-refractivity contribution in [3.8, 4) is 0 Å². The quantitative estimate of drug-likeness (QED) is 0.0690. The normalized spacial score (nSPS) is 12.7. The van der Waals surface area contributed by atoms with Gasteiger partial charge in [0.1, 0.15) is 0 Å². The highest BCUT2D eigenvalue weighted by atomic mass is 16.5. The van der Waals surface area contributed by atoms with Gasteiger partial charge >= 0.3 is 5.97 Å². The summed E-state index contributed by atoms with van der Waals surface area (Å²) in [6, 6.07) is 0. The fourth-order valence-electron chi connectivity index (χ4n) is 3.83. The zero-order valence-corrected chi connectivity index (χ0v) is 21.5. The van der Waals surface area contributed by atoms with Crippen molar-refractivity contribution in [1.82, 2.24) is 0 Å². The number of unbranched alkanes of at least 4 members (excludes halogenated alkanes) is 15. The van der Waals surface area contributed by atoms with Gasteiger partial charge in [0, 0.05) is 6.42 Å². The molecule has 1 atom stereocenters. The molecular formula is C29H54O3. The maximum absolute atomic E-state index is 11.7. The fraction of sp³-hybridized carbons (Fsp3) is 0.828. The zero-order valence-electron chi connectivity index (χ0n) is 21.5. The van der Waals surface area contributed by atoms with Crippen molar-refractivity contribution in [1.29, 1.82) is 0 Å². The van der Waals surface area contributed by atoms with Crippen LogP contribution in [0.3, 0.4) is 0 Å². The second-order valence-electron chi connectivity index (χ2n) is 9.29. The van der Waals surface area contributed by atoms with Gasteiger partial charge in [-0.15, -0.1) is 0 Å². The Kier molecular flexibility index (Phi) is 25.3. The van der Waals surface area contributed by atoms with Crippen LogP contribution in [-0.2, 0) is 9.53 Å². The summed E-state index contributed by atoms with van der Waals surface area (Å²) in [5.74, 6) is -0.1000. The van der Waals surface area contributed by atoms with Gasteiger partial charge in [0.05, 0.1) is 12.4 Å². The Morgan fingerprint density at radius 1 is 0.688 bits per heavy atom. The second kappa shape index (κ2) is 26.2. The molecule has 1 N–H and O–H groups in total. The van der Waals surface area contributed by atoms with Crippen molar-refractivity contribution in [2.75, 3.05) is 0 Å². The van der Waals surface area contributed by atoms with Crippen LogP contribution in [0.15, 0.2) is 24.5 Å². The molecule has 0 unspecified atom stereocenters. The number of aliphatic hydroxyl groups is 1. The van der Waals surface area contributed by atoms with Gasteiger partial charge in [0.25, 0.3) is 0 Å². The molecule has 0 radical (unpaired) electrons. The lowest BCUT2D eigenvalue weighted by molar-refractivity contribution is -0.138. The minimum atomic E-state index is -0.168. The van der Waals surface area contributed by atoms with E-state index < -0.39 is 0 Å². The molecule has 0 aliphatic carbocycles. The maximum Gasteiger partial charge on any atom is 0.310 e. The van der Waals surface area contributed by atoms with E-state index in [4.69, 9.17) is 4.74 Å². The predicted molar refractivity (Wildman–Crippen MR) is 139 cm³/mol. The van der Waals surface area contributed by atoms with E-state index in [2.05, 4.69) is 26.0 Å². The molecule has 3 heteroatoms. The van der Waals surface area contributed by atoms with E-state index in [9.17, 15) is 9.90 Å². The molecule has 0 aromatic heterocycles. The number of hydrogen-bond donors (Lipinski definition) is 1. The third-order valence-electron chi connectivity index (χ3n) is 5.99. The summed E-state index contributed by atoms with van der Waals surface area (Å²) in [5, 5.41) is 9.94. The first-order valence-electron chi connectivity index (χ1n) is 13.9. The highest BCUT2D eigenvalue weighted by Crippen LogP contribution is 2.11. The first-order valence-corrected chi connectivity index (χ1v) is 13.9. The topological polar surface area (TPSA) is 46.5 Å². The SMILES string of the molecule is CCCCCCCCCC=COC(=O)CCCCCCC/C=C\C[C@H](O)CCCCCC. The summed E-state index contributed by atoms with van der Waals surface area (Å²) in [6.07, 6.45) is 31.8. The molecule has 3 nitrogen and oxygen atoms in total. The van der Waals surface area contributed by atoms with Crippen molar-refractivity contribution >= 4 is 5.97 Å². The molecule has 0 fully saturated rings. The third-order valence-corrected chi connectivity index (χ3v) is 5.99. The van der Waals surface area contributed by atoms with E-state index in [-0.39, 0.29) is 12.1 Å². The zero-order chi connectivity index (χ0) is 23.5. The lowest BCUT2D eigenvalue weighted by Gasteiger charge is -2.07. The van der Waals surface area contributed by atoms with Gasteiger partial charge < -0.3 is 9.84 Å². The molecule has 0 saturated heterocycles. The standard InChI is InChI=1S/C29H54O3/c1-3-5-7-9-10-13-16-19-23-27-32-29(31)26-22-18-15-12-11-14-17-21-25-28(30)24-20-8-6-4-2/h17,21,23,27-28,30H,3-16,18-20,22,24-26H2,1-2H3/b21-17-,27-23?/t28-/m1/s1. The van der Waals surface area contributed by atoms with Crippen molar-refractivity contribution in [2.45, 2.75) is 155 Å². The number of aliphatic hydroxyl groups excluding tert-OH is 1. The molecule has 0 spiro atoms. The summed E-state index contributed by atoms with van der Waals surface area (Å²) in [4.78, 5) is 11.7. The van der Waals surface area contributed by atoms with E-state index in [0.29, 0.717) is 6.42 Å². The van der Waals surface area contributed by atoms with Crippen molar-refractivity contribution < 1.29 is 14.6 Å². The molecule has 0 saturated carbocycles. The van der Waals surface area contributed by atoms with Gasteiger partial charge in [-0.1, -0.05) is 109 Å². The van der Waals surface area contributed by atoms with Crippen LogP contribution in [0, 0.1) is 0 Å². The number of carbonyl (C=O) groups excluding carboxylic acids is 1. The van der Waals surface area contributed by atoms with Gasteiger partial charge in [-0.3, -0.25) is 4.79 Å². The van der Waals surface area contributed by atoms with E-state index in [1.165, 1.54) is 83.5 Å². The molecule has 188 valence electrons. The van der Waals surface area contributed by atoms with Gasteiger partial charge in [-0.2, -0.15) is 0 Å². The van der Waals surface area contributed by atoms with E-state index in [1.807, 2.05) is 6.08 Å². The highest BCUT2D eigenvalue weighted by Gasteiger charge is 2.01. The van der Waals surface area contributed by atoms with Crippen LogP contribution in [0.5, 0.6) is 0 Å². The summed E-state index contributed by atoms with van der Waals surface area (Å²) in [6.45, 7) is 4.46. The smallest absolute Gasteiger partial charge is 0.310 e. The Morgan fingerprint density at radius 2 is 1.22 bits per heavy atom. The summed E-state index contributed by atoms with van der Waals surface area (Å²) in [5.41, 5.74) is 0. The van der Waals surface area contributed by atoms with Crippen LogP contribution in [-0.4, -0.2) is 17.2 Å². The molecular weight excluding hydrogens is 396 g/mol. The van der Waals surface area contributed by atoms with Crippen molar-refractivity contribution in [3.63, 3.8) is 0 Å². The first-order chi connectivity index (χ1) is 15.7. The summed E-state index contributed by atoms with van der Waals surface area (Å²) in [7, 11) is 0. The Hall–Kier alpha value is -1.09. The number of rotatable bonds is 24. The molecule has 0 aromatic carbocycles. The summed E-state index contributed by atoms with van der Waals surface area (Å²) >= 11 is 0. The lowest BCUT2D eigenvalue weighted by Crippen LogP contribution is -2.04. The number of ether oxygens (including phenoxy) is 1. The molecule has 0 aromatic rings. The molecule has 0 heterocycles. The largest absolute Gasteiger partial charge is 0.435 e. The minimum Gasteiger partial charge on any atom is -0.435 e. The molecule has 0 aliphatic heterocycles. The van der Waals surface area contributed by atoms with Gasteiger partial charge in [-0.25, -0.2) is 0 Å². The molecule has 0 bridgehead atoms. The van der Waals surface area contributed by atoms with Crippen molar-refractivity contribution in [3.05, 3.63) is 24.5 Å². The Labute approximate surface area is 200 Å². The number of hydrogen-bond acceptors (Lipinski definition) is 3. The first kappa shape index (κ1) is 30.9. The van der Waals surface area contributed by atoms with E-state index >= 15 is 0 Å². The van der Waals surface area contributed by atoms with Crippen LogP contribution < -0.4 is 0 Å². The Bertz CT molecular complexity index is 442. The average molecular weight is 451 g/mol. The lowest BCUT2D eigenvalue weighted by atomic mass is 10.1. The van der Waals surface area contributed by atoms with Crippen LogP contribution >= 0.6 is 0 Å². The molecule has 32 heavy (non-hydrogen) atoms. The van der Waals surface area contributed by atoms with Crippen LogP contribution in [0.4, 0.5) is 0 Å². The monoisotopic (exact) mass is 450 g/mol. The molecule has 0 aliphatic rings. The fourth-order valence-corrected chi connectivity index (χ4v) is 3.83. The second-order valence-corrected chi connectivity index (χ2v) is 9.29. The van der Waals surface area contributed by atoms with Gasteiger partial charge in [-0.05, 0) is 51.0 Å². The third kappa shape index (κ3) is 25.2. The Balaban J connectivity index is 3.36.